The average molecular weight is 338 g/mol. The number of carboxylic acids is 2. The second kappa shape index (κ2) is 5.13. The molecule has 4 nitrogen and oxygen atoms in total. The van der Waals surface area contributed by atoms with Crippen LogP contribution < -0.4 is 0 Å². The maximum absolute atomic E-state index is 14.2. The van der Waals surface area contributed by atoms with Crippen molar-refractivity contribution in [1.29, 1.82) is 0 Å². The van der Waals surface area contributed by atoms with Crippen molar-refractivity contribution in [3.8, 4) is 0 Å². The Labute approximate surface area is 123 Å². The molecule has 22 heavy (non-hydrogen) atoms. The molecule has 2 aromatic rings. The molecule has 0 aromatic heterocycles. The van der Waals surface area contributed by atoms with E-state index in [1.165, 1.54) is 0 Å². The van der Waals surface area contributed by atoms with Crippen molar-refractivity contribution in [3.05, 3.63) is 40.2 Å². The molecule has 2 N–H and O–H groups in total. The number of halogens is 5. The molecule has 0 saturated heterocycles. The predicted molar refractivity (Wildman–Crippen MR) is 64.9 cm³/mol. The monoisotopic (exact) mass is 338 g/mol. The van der Waals surface area contributed by atoms with E-state index in [0.717, 1.165) is 0 Å². The molecule has 0 aliphatic carbocycles. The SMILES string of the molecule is O=C(O)c1c(C(=O)O)c(F)c2c(S)c(F)c(F)c(F)c2c1F. The van der Waals surface area contributed by atoms with Crippen molar-refractivity contribution in [3.63, 3.8) is 0 Å². The Morgan fingerprint density at radius 3 is 1.50 bits per heavy atom. The highest BCUT2D eigenvalue weighted by Gasteiger charge is 2.33. The zero-order valence-electron chi connectivity index (χ0n) is 10.0. The largest absolute Gasteiger partial charge is 0.478 e. The Morgan fingerprint density at radius 1 is 0.682 bits per heavy atom. The Hall–Kier alpha value is -2.36. The minimum absolute atomic E-state index is 1.19. The second-order valence-electron chi connectivity index (χ2n) is 4.03. The van der Waals surface area contributed by atoms with Gasteiger partial charge in [0.1, 0.15) is 22.8 Å². The number of carboxylic acid groups (broad SMARTS) is 2. The Balaban J connectivity index is 3.27. The van der Waals surface area contributed by atoms with Crippen molar-refractivity contribution >= 4 is 35.3 Å². The molecule has 10 heteroatoms. The normalized spacial score (nSPS) is 11.0. The number of hydrogen-bond acceptors (Lipinski definition) is 3. The fourth-order valence-electron chi connectivity index (χ4n) is 1.94. The van der Waals surface area contributed by atoms with Crippen LogP contribution in [0, 0.1) is 29.1 Å². The number of aromatic carboxylic acids is 2. The van der Waals surface area contributed by atoms with Gasteiger partial charge in [-0.3, -0.25) is 0 Å². The summed E-state index contributed by atoms with van der Waals surface area (Å²) in [6, 6.07) is 0. The molecule has 2 aromatic carbocycles. The topological polar surface area (TPSA) is 74.6 Å². The highest BCUT2D eigenvalue weighted by Crippen LogP contribution is 2.37. The number of rotatable bonds is 2. The van der Waals surface area contributed by atoms with E-state index in [9.17, 15) is 31.5 Å². The number of hydrogen-bond donors (Lipinski definition) is 3. The van der Waals surface area contributed by atoms with Crippen molar-refractivity contribution in [2.24, 2.45) is 0 Å². The third kappa shape index (κ3) is 1.98. The van der Waals surface area contributed by atoms with Gasteiger partial charge in [0.2, 0.25) is 0 Å². The molecule has 0 saturated carbocycles. The quantitative estimate of drug-likeness (QED) is 0.447. The first-order chi connectivity index (χ1) is 10.1. The van der Waals surface area contributed by atoms with E-state index in [0.29, 0.717) is 0 Å². The molecular formula is C12H3F5O4S. The minimum Gasteiger partial charge on any atom is -0.478 e. The number of thiol groups is 1. The summed E-state index contributed by atoms with van der Waals surface area (Å²) in [5.41, 5.74) is -3.37. The molecule has 0 heterocycles. The molecule has 0 amide bonds. The number of carbonyl (C=O) groups is 2. The summed E-state index contributed by atoms with van der Waals surface area (Å²) in [5, 5.41) is 14.7. The first kappa shape index (κ1) is 16.0. The van der Waals surface area contributed by atoms with Gasteiger partial charge < -0.3 is 10.2 Å². The van der Waals surface area contributed by atoms with Crippen LogP contribution in [-0.4, -0.2) is 22.2 Å². The molecule has 0 radical (unpaired) electrons. The van der Waals surface area contributed by atoms with Gasteiger partial charge in [-0.25, -0.2) is 31.5 Å². The van der Waals surface area contributed by atoms with Crippen molar-refractivity contribution in [2.75, 3.05) is 0 Å². The lowest BCUT2D eigenvalue weighted by atomic mass is 9.98. The average Bonchev–Trinajstić information content (AvgIpc) is 2.43. The minimum atomic E-state index is -2.22. The summed E-state index contributed by atoms with van der Waals surface area (Å²) < 4.78 is 68.6. The molecule has 0 spiro atoms. The van der Waals surface area contributed by atoms with Crippen LogP contribution in [0.5, 0.6) is 0 Å². The fourth-order valence-corrected chi connectivity index (χ4v) is 2.25. The zero-order valence-corrected chi connectivity index (χ0v) is 10.9. The summed E-state index contributed by atoms with van der Waals surface area (Å²) in [5.74, 6) is -14.8. The molecular weight excluding hydrogens is 335 g/mol. The Bertz CT molecular complexity index is 795. The molecule has 0 atom stereocenters. The second-order valence-corrected chi connectivity index (χ2v) is 4.48. The van der Waals surface area contributed by atoms with Gasteiger partial charge in [0.05, 0.1) is 10.3 Å². The van der Waals surface area contributed by atoms with E-state index in [1.807, 2.05) is 0 Å². The number of fused-ring (bicyclic) bond motifs is 1. The van der Waals surface area contributed by atoms with Crippen molar-refractivity contribution < 1.29 is 41.8 Å². The van der Waals surface area contributed by atoms with Crippen LogP contribution in [0.2, 0.25) is 0 Å². The van der Waals surface area contributed by atoms with Crippen LogP contribution in [0.3, 0.4) is 0 Å². The Morgan fingerprint density at radius 2 is 1.09 bits per heavy atom. The van der Waals surface area contributed by atoms with E-state index < -0.39 is 67.8 Å². The van der Waals surface area contributed by atoms with Gasteiger partial charge in [-0.2, -0.15) is 0 Å². The molecule has 0 aliphatic heterocycles. The predicted octanol–water partition coefficient (Wildman–Crippen LogP) is 3.22. The van der Waals surface area contributed by atoms with Crippen molar-refractivity contribution in [1.82, 2.24) is 0 Å². The fraction of sp³-hybridized carbons (Fsp3) is 0. The van der Waals surface area contributed by atoms with Crippen LogP contribution in [0.15, 0.2) is 4.90 Å². The van der Waals surface area contributed by atoms with Gasteiger partial charge in [-0.1, -0.05) is 0 Å². The standard InChI is InChI=1S/C12H3F5O4S/c13-5-1-2(10(22)9(17)8(16)7(1)15)6(14)4(12(20)21)3(5)11(18)19/h22H,(H,18,19)(H,20,21). The lowest BCUT2D eigenvalue weighted by Crippen LogP contribution is -2.15. The summed E-state index contributed by atoms with van der Waals surface area (Å²) in [6.45, 7) is 0. The van der Waals surface area contributed by atoms with Crippen molar-refractivity contribution in [2.45, 2.75) is 4.90 Å². The van der Waals surface area contributed by atoms with Crippen LogP contribution in [-0.2, 0) is 0 Å². The first-order valence-electron chi connectivity index (χ1n) is 5.27. The first-order valence-corrected chi connectivity index (χ1v) is 5.72. The van der Waals surface area contributed by atoms with E-state index >= 15 is 0 Å². The molecule has 0 aliphatic rings. The van der Waals surface area contributed by atoms with Crippen LogP contribution in [0.1, 0.15) is 20.7 Å². The van der Waals surface area contributed by atoms with E-state index in [2.05, 4.69) is 12.6 Å². The molecule has 2 rings (SSSR count). The number of benzene rings is 2. The highest BCUT2D eigenvalue weighted by molar-refractivity contribution is 7.80. The summed E-state index contributed by atoms with van der Waals surface area (Å²) in [7, 11) is 0. The van der Waals surface area contributed by atoms with E-state index in [4.69, 9.17) is 10.2 Å². The summed E-state index contributed by atoms with van der Waals surface area (Å²) >= 11 is 3.37. The third-order valence-electron chi connectivity index (χ3n) is 2.86. The maximum Gasteiger partial charge on any atom is 0.339 e. The summed E-state index contributed by atoms with van der Waals surface area (Å²) in [4.78, 5) is 20.7. The zero-order chi connectivity index (χ0) is 16.9. The molecule has 116 valence electrons. The van der Waals surface area contributed by atoms with Gasteiger partial charge in [0.15, 0.2) is 17.5 Å². The van der Waals surface area contributed by atoms with E-state index in [-0.39, 0.29) is 0 Å². The van der Waals surface area contributed by atoms with E-state index in [1.54, 1.807) is 0 Å². The maximum atomic E-state index is 14.2. The smallest absolute Gasteiger partial charge is 0.339 e. The van der Waals surface area contributed by atoms with Gasteiger partial charge in [0, 0.05) is 5.39 Å². The lowest BCUT2D eigenvalue weighted by Gasteiger charge is -2.13. The van der Waals surface area contributed by atoms with Gasteiger partial charge in [-0.15, -0.1) is 12.6 Å². The van der Waals surface area contributed by atoms with Gasteiger partial charge in [-0.05, 0) is 0 Å². The molecule has 0 fully saturated rings. The molecule has 0 bridgehead atoms. The highest BCUT2D eigenvalue weighted by atomic mass is 32.1. The van der Waals surface area contributed by atoms with Crippen LogP contribution in [0.4, 0.5) is 22.0 Å². The lowest BCUT2D eigenvalue weighted by molar-refractivity contribution is 0.0643. The summed E-state index contributed by atoms with van der Waals surface area (Å²) in [6.07, 6.45) is 0. The van der Waals surface area contributed by atoms with Gasteiger partial charge in [0.25, 0.3) is 0 Å². The third-order valence-corrected chi connectivity index (χ3v) is 3.28. The van der Waals surface area contributed by atoms with Gasteiger partial charge >= 0.3 is 11.9 Å². The van der Waals surface area contributed by atoms with Crippen LogP contribution >= 0.6 is 12.6 Å². The van der Waals surface area contributed by atoms with Crippen LogP contribution in [0.25, 0.3) is 10.8 Å². The Kier molecular flexibility index (Phi) is 3.73. The molecule has 0 unspecified atom stereocenters.